The molecule has 5 nitrogen and oxygen atoms in total. The van der Waals surface area contributed by atoms with Crippen LogP contribution in [0.1, 0.15) is 60.0 Å². The summed E-state index contributed by atoms with van der Waals surface area (Å²) in [6, 6.07) is 3.00. The van der Waals surface area contributed by atoms with Crippen LogP contribution in [0.5, 0.6) is 0 Å². The van der Waals surface area contributed by atoms with Crippen molar-refractivity contribution < 1.29 is 18.0 Å². The largest absolute Gasteiger partial charge is 0.327 e. The van der Waals surface area contributed by atoms with Gasteiger partial charge in [0.2, 0.25) is 0 Å². The lowest BCUT2D eigenvalue weighted by atomic mass is 9.87. The van der Waals surface area contributed by atoms with Crippen LogP contribution in [0.3, 0.4) is 0 Å². The molecule has 0 radical (unpaired) electrons. The lowest BCUT2D eigenvalue weighted by Crippen LogP contribution is -2.47. The molecule has 0 bridgehead atoms. The molecule has 2 unspecified atom stereocenters. The molecule has 2 aromatic heterocycles. The zero-order chi connectivity index (χ0) is 24.0. The van der Waals surface area contributed by atoms with E-state index in [-0.39, 0.29) is 23.6 Å². The summed E-state index contributed by atoms with van der Waals surface area (Å²) in [7, 11) is 1.68. The number of aryl methyl sites for hydroxylation is 2. The second-order valence-electron chi connectivity index (χ2n) is 8.25. The molecule has 9 heteroatoms. The second-order valence-corrected chi connectivity index (χ2v) is 8.65. The number of hydrogen-bond donors (Lipinski definition) is 0. The van der Waals surface area contributed by atoms with Crippen LogP contribution >= 0.6 is 11.6 Å². The summed E-state index contributed by atoms with van der Waals surface area (Å²) in [5.74, 6) is -4.24. The van der Waals surface area contributed by atoms with Crippen molar-refractivity contribution >= 4 is 17.5 Å². The van der Waals surface area contributed by atoms with Crippen molar-refractivity contribution in [3.8, 4) is 11.3 Å². The van der Waals surface area contributed by atoms with Gasteiger partial charge < -0.3 is 4.90 Å². The summed E-state index contributed by atoms with van der Waals surface area (Å²) < 4.78 is 43.1. The van der Waals surface area contributed by atoms with E-state index in [0.717, 1.165) is 17.7 Å². The Morgan fingerprint density at radius 2 is 1.85 bits per heavy atom. The number of halogens is 4. The van der Waals surface area contributed by atoms with Gasteiger partial charge in [0.1, 0.15) is 0 Å². The Balaban J connectivity index is 1.86. The molecule has 1 amide bonds. The first kappa shape index (κ1) is 23.3. The molecule has 4 rings (SSSR count). The van der Waals surface area contributed by atoms with Gasteiger partial charge in [0.05, 0.1) is 33.7 Å². The first-order valence-corrected chi connectivity index (χ1v) is 11.2. The maximum absolute atomic E-state index is 14.0. The van der Waals surface area contributed by atoms with E-state index in [4.69, 9.17) is 11.6 Å². The lowest BCUT2D eigenvalue weighted by molar-refractivity contribution is 0.0512. The fourth-order valence-corrected chi connectivity index (χ4v) is 5.06. The summed E-state index contributed by atoms with van der Waals surface area (Å²) in [5, 5.41) is 4.97. The average Bonchev–Trinajstić information content (AvgIpc) is 3.10. The van der Waals surface area contributed by atoms with Gasteiger partial charge in [-0.2, -0.15) is 5.10 Å². The van der Waals surface area contributed by atoms with Gasteiger partial charge in [0.15, 0.2) is 17.5 Å². The Morgan fingerprint density at radius 3 is 2.42 bits per heavy atom. The van der Waals surface area contributed by atoms with Crippen LogP contribution in [0.15, 0.2) is 24.4 Å². The maximum atomic E-state index is 14.0. The van der Waals surface area contributed by atoms with Gasteiger partial charge in [-0.15, -0.1) is 0 Å². The number of carbonyl (C=O) groups excluding carboxylic acids is 1. The van der Waals surface area contributed by atoms with Crippen LogP contribution in [0.25, 0.3) is 11.3 Å². The SMILES string of the molecule is CCC1Cc2c(nn(C)c2-c2cc(F)c(F)c(F)c2)C(CC)N1C(=O)c1c(Cl)ccnc1C. The molecule has 0 spiro atoms. The molecule has 1 aliphatic heterocycles. The molecule has 0 saturated carbocycles. The Bertz CT molecular complexity index is 1200. The number of nitrogens with zero attached hydrogens (tertiary/aromatic N) is 4. The van der Waals surface area contributed by atoms with Crippen LogP contribution < -0.4 is 0 Å². The normalized spacial score (nSPS) is 17.9. The quantitative estimate of drug-likeness (QED) is 0.448. The highest BCUT2D eigenvalue weighted by Crippen LogP contribution is 2.42. The highest BCUT2D eigenvalue weighted by Gasteiger charge is 2.41. The van der Waals surface area contributed by atoms with Crippen molar-refractivity contribution in [1.82, 2.24) is 19.7 Å². The number of rotatable bonds is 4. The molecule has 33 heavy (non-hydrogen) atoms. The number of benzene rings is 1. The molecule has 1 aromatic carbocycles. The first-order chi connectivity index (χ1) is 15.7. The van der Waals surface area contributed by atoms with Crippen molar-refractivity contribution in [2.24, 2.45) is 7.05 Å². The third kappa shape index (κ3) is 3.80. The molecular formula is C24H24ClF3N4O. The fraction of sp³-hybridized carbons (Fsp3) is 0.375. The number of hydrogen-bond acceptors (Lipinski definition) is 3. The molecule has 174 valence electrons. The highest BCUT2D eigenvalue weighted by atomic mass is 35.5. The molecule has 3 heterocycles. The van der Waals surface area contributed by atoms with E-state index in [1.54, 1.807) is 35.8 Å². The fourth-order valence-electron chi connectivity index (χ4n) is 4.79. The van der Waals surface area contributed by atoms with Gasteiger partial charge >= 0.3 is 0 Å². The maximum Gasteiger partial charge on any atom is 0.258 e. The molecule has 0 saturated heterocycles. The summed E-state index contributed by atoms with van der Waals surface area (Å²) >= 11 is 6.37. The van der Waals surface area contributed by atoms with Crippen molar-refractivity contribution in [3.05, 3.63) is 69.4 Å². The Morgan fingerprint density at radius 1 is 1.18 bits per heavy atom. The summed E-state index contributed by atoms with van der Waals surface area (Å²) in [4.78, 5) is 19.7. The molecule has 0 fully saturated rings. The Hall–Kier alpha value is -2.87. The van der Waals surface area contributed by atoms with Crippen molar-refractivity contribution in [3.63, 3.8) is 0 Å². The molecule has 1 aliphatic rings. The van der Waals surface area contributed by atoms with Crippen LogP contribution in [0.2, 0.25) is 5.02 Å². The molecule has 3 aromatic rings. The summed E-state index contributed by atoms with van der Waals surface area (Å²) in [6.45, 7) is 5.68. The van der Waals surface area contributed by atoms with Crippen LogP contribution in [-0.4, -0.2) is 31.6 Å². The molecule has 2 atom stereocenters. The van der Waals surface area contributed by atoms with E-state index in [2.05, 4.69) is 10.1 Å². The Labute approximate surface area is 195 Å². The third-order valence-electron chi connectivity index (χ3n) is 6.31. The third-order valence-corrected chi connectivity index (χ3v) is 6.63. The Kier molecular flexibility index (Phi) is 6.22. The number of aromatic nitrogens is 3. The molecule has 0 N–H and O–H groups in total. The van der Waals surface area contributed by atoms with Gasteiger partial charge in [0, 0.05) is 30.4 Å². The minimum absolute atomic E-state index is 0.191. The number of amides is 1. The predicted molar refractivity (Wildman–Crippen MR) is 119 cm³/mol. The number of pyridine rings is 1. The summed E-state index contributed by atoms with van der Waals surface area (Å²) in [6.07, 6.45) is 3.23. The van der Waals surface area contributed by atoms with Crippen molar-refractivity contribution in [2.45, 2.75) is 52.1 Å². The second kappa shape index (κ2) is 8.82. The van der Waals surface area contributed by atoms with E-state index in [1.165, 1.54) is 0 Å². The zero-order valence-electron chi connectivity index (χ0n) is 18.8. The standard InChI is InChI=1S/C24H24ClF3N4O/c1-5-14-11-15-22(30-31(4)23(15)13-9-17(26)21(28)18(27)10-13)19(6-2)32(14)24(33)20-12(3)29-8-7-16(20)25/h7-10,14,19H,5-6,11H2,1-4H3. The van der Waals surface area contributed by atoms with Crippen LogP contribution in [0.4, 0.5) is 13.2 Å². The van der Waals surface area contributed by atoms with E-state index in [0.29, 0.717) is 46.9 Å². The van der Waals surface area contributed by atoms with Crippen LogP contribution in [-0.2, 0) is 13.5 Å². The topological polar surface area (TPSA) is 51.0 Å². The molecule has 0 aliphatic carbocycles. The van der Waals surface area contributed by atoms with Crippen molar-refractivity contribution in [2.75, 3.05) is 0 Å². The van der Waals surface area contributed by atoms with Gasteiger partial charge in [-0.1, -0.05) is 25.4 Å². The van der Waals surface area contributed by atoms with Gasteiger partial charge in [-0.05, 0) is 44.4 Å². The predicted octanol–water partition coefficient (Wildman–Crippen LogP) is 5.79. The average molecular weight is 477 g/mol. The minimum atomic E-state index is -1.51. The zero-order valence-corrected chi connectivity index (χ0v) is 19.6. The first-order valence-electron chi connectivity index (χ1n) is 10.8. The number of fused-ring (bicyclic) bond motifs is 1. The van der Waals surface area contributed by atoms with Gasteiger partial charge in [-0.25, -0.2) is 13.2 Å². The van der Waals surface area contributed by atoms with E-state index >= 15 is 0 Å². The molecular weight excluding hydrogens is 453 g/mol. The highest BCUT2D eigenvalue weighted by molar-refractivity contribution is 6.34. The monoisotopic (exact) mass is 476 g/mol. The lowest BCUT2D eigenvalue weighted by Gasteiger charge is -2.41. The van der Waals surface area contributed by atoms with E-state index < -0.39 is 17.5 Å². The van der Waals surface area contributed by atoms with E-state index in [9.17, 15) is 18.0 Å². The van der Waals surface area contributed by atoms with Gasteiger partial charge in [0.25, 0.3) is 5.91 Å². The van der Waals surface area contributed by atoms with Crippen LogP contribution in [0, 0.1) is 24.4 Å². The summed E-state index contributed by atoms with van der Waals surface area (Å²) in [5.41, 5.74) is 3.09. The van der Waals surface area contributed by atoms with E-state index in [1.807, 2.05) is 13.8 Å². The van der Waals surface area contributed by atoms with Gasteiger partial charge in [-0.3, -0.25) is 14.5 Å². The van der Waals surface area contributed by atoms with Crippen molar-refractivity contribution in [1.29, 1.82) is 0 Å². The smallest absolute Gasteiger partial charge is 0.258 e. The minimum Gasteiger partial charge on any atom is -0.327 e. The number of carbonyl (C=O) groups is 1.